The lowest BCUT2D eigenvalue weighted by atomic mass is 9.93. The van der Waals surface area contributed by atoms with E-state index in [2.05, 4.69) is 18.2 Å². The van der Waals surface area contributed by atoms with Crippen molar-refractivity contribution in [2.24, 2.45) is 0 Å². The molecule has 0 saturated carbocycles. The Bertz CT molecular complexity index is 1160. The molecule has 0 saturated heterocycles. The first kappa shape index (κ1) is 23.2. The summed E-state index contributed by atoms with van der Waals surface area (Å²) >= 11 is 0. The maximum Gasteiger partial charge on any atom is 0.169 e. The largest absolute Gasteiger partial charge is 0.493 e. The highest BCUT2D eigenvalue weighted by Gasteiger charge is 2.21. The summed E-state index contributed by atoms with van der Waals surface area (Å²) in [6, 6.07) is 33.4. The van der Waals surface area contributed by atoms with Gasteiger partial charge in [-0.15, -0.1) is 0 Å². The Morgan fingerprint density at radius 3 is 1.82 bits per heavy atom. The molecule has 0 spiro atoms. The maximum absolute atomic E-state index is 6.19. The smallest absolute Gasteiger partial charge is 0.169 e. The SMILES string of the molecule is COc1[c]c(Cc2ccccc2)c(COc2ccccc2)c(CCOc2ccccc2)c1OC. The second kappa shape index (κ2) is 11.8. The van der Waals surface area contributed by atoms with E-state index in [9.17, 15) is 0 Å². The predicted molar refractivity (Wildman–Crippen MR) is 134 cm³/mol. The van der Waals surface area contributed by atoms with E-state index < -0.39 is 0 Å². The van der Waals surface area contributed by atoms with Crippen LogP contribution in [0.25, 0.3) is 0 Å². The van der Waals surface area contributed by atoms with Crippen LogP contribution >= 0.6 is 0 Å². The normalized spacial score (nSPS) is 10.5. The van der Waals surface area contributed by atoms with Crippen LogP contribution in [0.15, 0.2) is 91.0 Å². The number of para-hydroxylation sites is 2. The van der Waals surface area contributed by atoms with Crippen molar-refractivity contribution in [1.82, 2.24) is 0 Å². The van der Waals surface area contributed by atoms with E-state index in [0.717, 1.165) is 28.2 Å². The molecule has 0 heterocycles. The molecule has 0 aliphatic heterocycles. The first-order valence-electron chi connectivity index (χ1n) is 11.4. The molecule has 0 atom stereocenters. The quantitative estimate of drug-likeness (QED) is 0.267. The molecule has 0 bridgehead atoms. The molecule has 0 aliphatic carbocycles. The van der Waals surface area contributed by atoms with E-state index in [-0.39, 0.29) is 0 Å². The number of methoxy groups -OCH3 is 2. The molecule has 4 aromatic rings. The van der Waals surface area contributed by atoms with Crippen LogP contribution < -0.4 is 18.9 Å². The van der Waals surface area contributed by atoms with E-state index in [4.69, 9.17) is 18.9 Å². The van der Waals surface area contributed by atoms with Crippen LogP contribution in [0.3, 0.4) is 0 Å². The van der Waals surface area contributed by atoms with Crippen LogP contribution in [0.4, 0.5) is 0 Å². The Labute approximate surface area is 201 Å². The Balaban J connectivity index is 1.70. The third-order valence-electron chi connectivity index (χ3n) is 5.60. The van der Waals surface area contributed by atoms with Gasteiger partial charge >= 0.3 is 0 Å². The topological polar surface area (TPSA) is 36.9 Å². The van der Waals surface area contributed by atoms with Crippen molar-refractivity contribution in [2.75, 3.05) is 20.8 Å². The van der Waals surface area contributed by atoms with Gasteiger partial charge in [-0.1, -0.05) is 66.7 Å². The average molecular weight is 454 g/mol. The molecule has 0 aliphatic rings. The minimum Gasteiger partial charge on any atom is -0.493 e. The fourth-order valence-corrected chi connectivity index (χ4v) is 3.93. The second-order valence-corrected chi connectivity index (χ2v) is 7.80. The summed E-state index contributed by atoms with van der Waals surface area (Å²) in [7, 11) is 3.30. The zero-order valence-corrected chi connectivity index (χ0v) is 19.6. The summed E-state index contributed by atoms with van der Waals surface area (Å²) in [6.45, 7) is 0.889. The summed E-state index contributed by atoms with van der Waals surface area (Å²) in [5, 5.41) is 0. The lowest BCUT2D eigenvalue weighted by Crippen LogP contribution is -2.12. The number of hydrogen-bond donors (Lipinski definition) is 0. The third-order valence-corrected chi connectivity index (χ3v) is 5.60. The van der Waals surface area contributed by atoms with Crippen LogP contribution in [-0.2, 0) is 19.4 Å². The van der Waals surface area contributed by atoms with Gasteiger partial charge in [0.2, 0.25) is 0 Å². The van der Waals surface area contributed by atoms with E-state index >= 15 is 0 Å². The number of rotatable bonds is 11. The summed E-state index contributed by atoms with van der Waals surface area (Å²) in [4.78, 5) is 0. The molecular weight excluding hydrogens is 424 g/mol. The lowest BCUT2D eigenvalue weighted by molar-refractivity contribution is 0.293. The van der Waals surface area contributed by atoms with Gasteiger partial charge in [-0.25, -0.2) is 0 Å². The summed E-state index contributed by atoms with van der Waals surface area (Å²) < 4.78 is 23.7. The highest BCUT2D eigenvalue weighted by Crippen LogP contribution is 2.37. The summed E-state index contributed by atoms with van der Waals surface area (Å²) in [6.07, 6.45) is 1.35. The van der Waals surface area contributed by atoms with Gasteiger partial charge in [-0.2, -0.15) is 0 Å². The Kier molecular flexibility index (Phi) is 8.07. The van der Waals surface area contributed by atoms with Crippen LogP contribution in [-0.4, -0.2) is 20.8 Å². The highest BCUT2D eigenvalue weighted by molar-refractivity contribution is 5.55. The summed E-state index contributed by atoms with van der Waals surface area (Å²) in [5.41, 5.74) is 4.27. The number of benzene rings is 4. The van der Waals surface area contributed by atoms with Gasteiger partial charge < -0.3 is 18.9 Å². The van der Waals surface area contributed by atoms with Gasteiger partial charge in [0, 0.05) is 23.6 Å². The van der Waals surface area contributed by atoms with Crippen molar-refractivity contribution < 1.29 is 18.9 Å². The first-order valence-corrected chi connectivity index (χ1v) is 11.4. The molecular formula is C30H29O4. The van der Waals surface area contributed by atoms with Crippen LogP contribution in [0.1, 0.15) is 22.3 Å². The van der Waals surface area contributed by atoms with Gasteiger partial charge in [0.1, 0.15) is 18.1 Å². The molecule has 4 heteroatoms. The van der Waals surface area contributed by atoms with Gasteiger partial charge in [0.05, 0.1) is 20.8 Å². The maximum atomic E-state index is 6.19. The van der Waals surface area contributed by atoms with Crippen molar-refractivity contribution in [3.05, 3.63) is 119 Å². The van der Waals surface area contributed by atoms with Crippen molar-refractivity contribution >= 4 is 0 Å². The van der Waals surface area contributed by atoms with Crippen LogP contribution in [0.5, 0.6) is 23.0 Å². The van der Waals surface area contributed by atoms with E-state index in [1.54, 1.807) is 14.2 Å². The molecule has 4 rings (SSSR count). The van der Waals surface area contributed by atoms with E-state index in [0.29, 0.717) is 37.6 Å². The minimum atomic E-state index is 0.393. The number of hydrogen-bond acceptors (Lipinski definition) is 4. The monoisotopic (exact) mass is 453 g/mol. The Morgan fingerprint density at radius 2 is 1.24 bits per heavy atom. The van der Waals surface area contributed by atoms with Gasteiger partial charge in [0.15, 0.2) is 11.5 Å². The van der Waals surface area contributed by atoms with Gasteiger partial charge in [-0.3, -0.25) is 0 Å². The van der Waals surface area contributed by atoms with E-state index in [1.165, 1.54) is 5.56 Å². The third kappa shape index (κ3) is 5.90. The van der Waals surface area contributed by atoms with Crippen molar-refractivity contribution in [2.45, 2.75) is 19.4 Å². The standard InChI is InChI=1S/C30H29O4/c1-31-29-21-24(20-23-12-6-3-7-13-23)28(22-34-26-16-10-5-11-17-26)27(30(29)32-2)18-19-33-25-14-8-4-9-15-25/h3-17H,18-20,22H2,1-2H3. The molecule has 0 amide bonds. The molecule has 0 unspecified atom stereocenters. The van der Waals surface area contributed by atoms with E-state index in [1.807, 2.05) is 78.9 Å². The van der Waals surface area contributed by atoms with Crippen LogP contribution in [0, 0.1) is 6.07 Å². The molecule has 0 fully saturated rings. The molecule has 4 nitrogen and oxygen atoms in total. The average Bonchev–Trinajstić information content (AvgIpc) is 2.89. The molecule has 0 aromatic heterocycles. The fraction of sp³-hybridized carbons (Fsp3) is 0.200. The van der Waals surface area contributed by atoms with Gasteiger partial charge in [0.25, 0.3) is 0 Å². The minimum absolute atomic E-state index is 0.393. The van der Waals surface area contributed by atoms with Crippen molar-refractivity contribution in [3.63, 3.8) is 0 Å². The lowest BCUT2D eigenvalue weighted by Gasteiger charge is -2.21. The molecule has 34 heavy (non-hydrogen) atoms. The second-order valence-electron chi connectivity index (χ2n) is 7.80. The molecule has 173 valence electrons. The Hall–Kier alpha value is -3.92. The van der Waals surface area contributed by atoms with Gasteiger partial charge in [-0.05, 0) is 41.8 Å². The van der Waals surface area contributed by atoms with Crippen molar-refractivity contribution in [3.8, 4) is 23.0 Å². The molecule has 0 N–H and O–H groups in total. The first-order chi connectivity index (χ1) is 16.8. The van der Waals surface area contributed by atoms with Crippen LogP contribution in [0.2, 0.25) is 0 Å². The predicted octanol–water partition coefficient (Wildman–Crippen LogP) is 6.30. The highest BCUT2D eigenvalue weighted by atomic mass is 16.5. The molecule has 1 radical (unpaired) electrons. The zero-order valence-electron chi connectivity index (χ0n) is 19.6. The Morgan fingerprint density at radius 1 is 0.647 bits per heavy atom. The van der Waals surface area contributed by atoms with Crippen molar-refractivity contribution in [1.29, 1.82) is 0 Å². The molecule has 4 aromatic carbocycles. The summed E-state index contributed by atoms with van der Waals surface area (Å²) in [5.74, 6) is 2.91. The number of ether oxygens (including phenoxy) is 4. The zero-order chi connectivity index (χ0) is 23.6. The fourth-order valence-electron chi connectivity index (χ4n) is 3.93.